The van der Waals surface area contributed by atoms with Crippen LogP contribution in [-0.4, -0.2) is 6.54 Å². The third-order valence-electron chi connectivity index (χ3n) is 2.95. The molecule has 2 heteroatoms. The first-order valence-electron chi connectivity index (χ1n) is 4.96. The summed E-state index contributed by atoms with van der Waals surface area (Å²) in [4.78, 5) is 0. The van der Waals surface area contributed by atoms with Gasteiger partial charge in [-0.1, -0.05) is 51.1 Å². The summed E-state index contributed by atoms with van der Waals surface area (Å²) in [5, 5.41) is 0. The lowest BCUT2D eigenvalue weighted by molar-refractivity contribution is 0.196. The van der Waals surface area contributed by atoms with Gasteiger partial charge < -0.3 is 11.5 Å². The zero-order valence-electron chi connectivity index (χ0n) is 9.25. The molecule has 0 aromatic heterocycles. The van der Waals surface area contributed by atoms with Crippen LogP contribution in [-0.2, 0) is 5.54 Å². The Bertz CT molecular complexity index is 287. The molecule has 0 bridgehead atoms. The van der Waals surface area contributed by atoms with Gasteiger partial charge in [0.2, 0.25) is 0 Å². The fraction of sp³-hybridized carbons (Fsp3) is 0.500. The third kappa shape index (κ3) is 1.81. The Kier molecular flexibility index (Phi) is 2.98. The largest absolute Gasteiger partial charge is 0.328 e. The number of hydrogen-bond acceptors (Lipinski definition) is 2. The van der Waals surface area contributed by atoms with Gasteiger partial charge in [-0.25, -0.2) is 0 Å². The molecule has 4 N–H and O–H groups in total. The first kappa shape index (κ1) is 11.2. The molecule has 0 aliphatic carbocycles. The van der Waals surface area contributed by atoms with Gasteiger partial charge in [0.15, 0.2) is 0 Å². The van der Waals surface area contributed by atoms with Crippen molar-refractivity contribution in [3.05, 3.63) is 35.9 Å². The van der Waals surface area contributed by atoms with Gasteiger partial charge in [-0.3, -0.25) is 0 Å². The molecule has 1 aromatic rings. The third-order valence-corrected chi connectivity index (χ3v) is 2.95. The van der Waals surface area contributed by atoms with Crippen LogP contribution in [0.25, 0.3) is 0 Å². The molecule has 78 valence electrons. The quantitative estimate of drug-likeness (QED) is 0.751. The topological polar surface area (TPSA) is 52.0 Å². The van der Waals surface area contributed by atoms with E-state index in [2.05, 4.69) is 20.8 Å². The first-order valence-corrected chi connectivity index (χ1v) is 4.96. The van der Waals surface area contributed by atoms with Gasteiger partial charge in [0.1, 0.15) is 0 Å². The number of benzene rings is 1. The van der Waals surface area contributed by atoms with Gasteiger partial charge in [-0.05, 0) is 11.0 Å². The van der Waals surface area contributed by atoms with E-state index in [-0.39, 0.29) is 5.41 Å². The van der Waals surface area contributed by atoms with Crippen molar-refractivity contribution in [1.29, 1.82) is 0 Å². The second-order valence-electron chi connectivity index (χ2n) is 4.79. The number of hydrogen-bond donors (Lipinski definition) is 2. The Balaban J connectivity index is 3.15. The maximum Gasteiger partial charge on any atom is 0.0582 e. The molecule has 2 nitrogen and oxygen atoms in total. The molecule has 1 rings (SSSR count). The van der Waals surface area contributed by atoms with Crippen LogP contribution in [0.2, 0.25) is 0 Å². The van der Waals surface area contributed by atoms with Crippen LogP contribution >= 0.6 is 0 Å². The maximum absolute atomic E-state index is 6.37. The standard InChI is InChI=1S/C12H20N2/c1-11(2,3)12(14,9-13)10-7-5-4-6-8-10/h4-8H,9,13-14H2,1-3H3. The Morgan fingerprint density at radius 3 is 1.93 bits per heavy atom. The Morgan fingerprint density at radius 1 is 1.07 bits per heavy atom. The average Bonchev–Trinajstić information content (AvgIpc) is 2.16. The molecule has 0 radical (unpaired) electrons. The molecule has 0 aliphatic heterocycles. The van der Waals surface area contributed by atoms with Gasteiger partial charge in [0.05, 0.1) is 5.54 Å². The van der Waals surface area contributed by atoms with Crippen molar-refractivity contribution >= 4 is 0 Å². The van der Waals surface area contributed by atoms with Crippen LogP contribution in [0.4, 0.5) is 0 Å². The lowest BCUT2D eigenvalue weighted by atomic mass is 9.70. The highest BCUT2D eigenvalue weighted by Gasteiger charge is 2.38. The highest BCUT2D eigenvalue weighted by molar-refractivity contribution is 5.26. The van der Waals surface area contributed by atoms with E-state index in [1.54, 1.807) is 0 Å². The fourth-order valence-electron chi connectivity index (χ4n) is 1.59. The van der Waals surface area contributed by atoms with Crippen molar-refractivity contribution in [2.75, 3.05) is 6.54 Å². The summed E-state index contributed by atoms with van der Waals surface area (Å²) >= 11 is 0. The predicted octanol–water partition coefficient (Wildman–Crippen LogP) is 1.85. The summed E-state index contributed by atoms with van der Waals surface area (Å²) in [6.07, 6.45) is 0. The van der Waals surface area contributed by atoms with Crippen LogP contribution in [0, 0.1) is 5.41 Å². The van der Waals surface area contributed by atoms with Crippen molar-refractivity contribution in [2.24, 2.45) is 16.9 Å². The molecule has 0 heterocycles. The molecule has 0 saturated carbocycles. The van der Waals surface area contributed by atoms with E-state index >= 15 is 0 Å². The highest BCUT2D eigenvalue weighted by atomic mass is 14.8. The zero-order chi connectivity index (χ0) is 10.8. The van der Waals surface area contributed by atoms with Crippen molar-refractivity contribution < 1.29 is 0 Å². The minimum absolute atomic E-state index is 0.0386. The molecule has 0 amide bonds. The van der Waals surface area contributed by atoms with Gasteiger partial charge in [-0.2, -0.15) is 0 Å². The van der Waals surface area contributed by atoms with Gasteiger partial charge in [-0.15, -0.1) is 0 Å². The van der Waals surface area contributed by atoms with Gasteiger partial charge in [0.25, 0.3) is 0 Å². The summed E-state index contributed by atoms with van der Waals surface area (Å²) in [5.74, 6) is 0. The van der Waals surface area contributed by atoms with Gasteiger partial charge in [0, 0.05) is 6.54 Å². The summed E-state index contributed by atoms with van der Waals surface area (Å²) in [6, 6.07) is 10.1. The number of nitrogens with two attached hydrogens (primary N) is 2. The number of rotatable bonds is 2. The first-order chi connectivity index (χ1) is 6.42. The van der Waals surface area contributed by atoms with E-state index < -0.39 is 5.54 Å². The SMILES string of the molecule is CC(C)(C)C(N)(CN)c1ccccc1. The lowest BCUT2D eigenvalue weighted by Gasteiger charge is -2.41. The fourth-order valence-corrected chi connectivity index (χ4v) is 1.59. The molecular formula is C12H20N2. The second kappa shape index (κ2) is 3.71. The van der Waals surface area contributed by atoms with Crippen LogP contribution in [0.15, 0.2) is 30.3 Å². The van der Waals surface area contributed by atoms with Crippen LogP contribution in [0.1, 0.15) is 26.3 Å². The molecular weight excluding hydrogens is 172 g/mol. The smallest absolute Gasteiger partial charge is 0.0582 e. The van der Waals surface area contributed by atoms with Crippen LogP contribution < -0.4 is 11.5 Å². The van der Waals surface area contributed by atoms with Crippen molar-refractivity contribution in [1.82, 2.24) is 0 Å². The minimum atomic E-state index is -0.450. The molecule has 14 heavy (non-hydrogen) atoms. The summed E-state index contributed by atoms with van der Waals surface area (Å²) in [5.41, 5.74) is 12.8. The molecule has 0 spiro atoms. The molecule has 1 atom stereocenters. The van der Waals surface area contributed by atoms with E-state index in [1.165, 1.54) is 0 Å². The molecule has 1 aromatic carbocycles. The normalized spacial score (nSPS) is 16.4. The Hall–Kier alpha value is -0.860. The average molecular weight is 192 g/mol. The summed E-state index contributed by atoms with van der Waals surface area (Å²) < 4.78 is 0. The van der Waals surface area contributed by atoms with E-state index in [1.807, 2.05) is 30.3 Å². The Labute approximate surface area is 86.3 Å². The summed E-state index contributed by atoms with van der Waals surface area (Å²) in [7, 11) is 0. The lowest BCUT2D eigenvalue weighted by Crippen LogP contribution is -2.53. The van der Waals surface area contributed by atoms with E-state index in [0.717, 1.165) is 5.56 Å². The Morgan fingerprint density at radius 2 is 1.57 bits per heavy atom. The van der Waals surface area contributed by atoms with E-state index in [9.17, 15) is 0 Å². The van der Waals surface area contributed by atoms with Crippen LogP contribution in [0.3, 0.4) is 0 Å². The minimum Gasteiger partial charge on any atom is -0.328 e. The van der Waals surface area contributed by atoms with Crippen molar-refractivity contribution in [2.45, 2.75) is 26.3 Å². The van der Waals surface area contributed by atoms with Gasteiger partial charge >= 0.3 is 0 Å². The van der Waals surface area contributed by atoms with E-state index in [4.69, 9.17) is 11.5 Å². The molecule has 0 aliphatic rings. The molecule has 1 unspecified atom stereocenters. The van der Waals surface area contributed by atoms with E-state index in [0.29, 0.717) is 6.54 Å². The van der Waals surface area contributed by atoms with Crippen molar-refractivity contribution in [3.8, 4) is 0 Å². The predicted molar refractivity (Wildman–Crippen MR) is 60.8 cm³/mol. The highest BCUT2D eigenvalue weighted by Crippen LogP contribution is 2.35. The summed E-state index contributed by atoms with van der Waals surface area (Å²) in [6.45, 7) is 6.81. The monoisotopic (exact) mass is 192 g/mol. The van der Waals surface area contributed by atoms with Crippen LogP contribution in [0.5, 0.6) is 0 Å². The molecule has 0 saturated heterocycles. The zero-order valence-corrected chi connectivity index (χ0v) is 9.25. The van der Waals surface area contributed by atoms with Crippen molar-refractivity contribution in [3.63, 3.8) is 0 Å². The maximum atomic E-state index is 6.37. The second-order valence-corrected chi connectivity index (χ2v) is 4.79. The molecule has 0 fully saturated rings.